The van der Waals surface area contributed by atoms with E-state index in [4.69, 9.17) is 0 Å². The van der Waals surface area contributed by atoms with Crippen molar-refractivity contribution in [1.82, 2.24) is 0 Å². The van der Waals surface area contributed by atoms with E-state index in [1.165, 1.54) is 37.3 Å². The molecule has 0 aromatic heterocycles. The SMILES string of the molecule is C[C@H](C[C@H](O)C1CCCCC1)[Si](C)(C)c1ccccc1. The lowest BCUT2D eigenvalue weighted by molar-refractivity contribution is 0.0762. The van der Waals surface area contributed by atoms with Gasteiger partial charge in [0, 0.05) is 0 Å². The van der Waals surface area contributed by atoms with Crippen molar-refractivity contribution < 1.29 is 5.11 Å². The van der Waals surface area contributed by atoms with E-state index in [0.717, 1.165) is 6.42 Å². The number of rotatable bonds is 5. The quantitative estimate of drug-likeness (QED) is 0.801. The van der Waals surface area contributed by atoms with Gasteiger partial charge in [-0.15, -0.1) is 0 Å². The molecule has 1 nitrogen and oxygen atoms in total. The number of benzene rings is 1. The third-order valence-electron chi connectivity index (χ3n) is 5.54. The van der Waals surface area contributed by atoms with Crippen molar-refractivity contribution in [3.05, 3.63) is 30.3 Å². The topological polar surface area (TPSA) is 20.2 Å². The van der Waals surface area contributed by atoms with E-state index in [1.807, 2.05) is 0 Å². The Balaban J connectivity index is 1.97. The first kappa shape index (κ1) is 15.8. The molecule has 2 heteroatoms. The fraction of sp³-hybridized carbons (Fsp3) is 0.667. The van der Waals surface area contributed by atoms with Crippen molar-refractivity contribution in [2.45, 2.75) is 70.2 Å². The molecule has 0 aliphatic heterocycles. The van der Waals surface area contributed by atoms with Crippen molar-refractivity contribution in [2.24, 2.45) is 5.92 Å². The predicted octanol–water partition coefficient (Wildman–Crippen LogP) is 4.32. The van der Waals surface area contributed by atoms with E-state index in [9.17, 15) is 5.11 Å². The van der Waals surface area contributed by atoms with E-state index in [2.05, 4.69) is 50.3 Å². The molecule has 0 heterocycles. The summed E-state index contributed by atoms with van der Waals surface area (Å²) in [5.74, 6) is 0.562. The molecule has 1 aliphatic rings. The summed E-state index contributed by atoms with van der Waals surface area (Å²) in [5, 5.41) is 12.1. The summed E-state index contributed by atoms with van der Waals surface area (Å²) < 4.78 is 0. The molecule has 20 heavy (non-hydrogen) atoms. The first-order chi connectivity index (χ1) is 9.51. The minimum absolute atomic E-state index is 0.0826. The number of aliphatic hydroxyl groups excluding tert-OH is 1. The third-order valence-corrected chi connectivity index (χ3v) is 10.1. The monoisotopic (exact) mass is 290 g/mol. The van der Waals surface area contributed by atoms with Crippen LogP contribution in [0.2, 0.25) is 18.6 Å². The molecular weight excluding hydrogens is 260 g/mol. The molecule has 1 saturated carbocycles. The van der Waals surface area contributed by atoms with Gasteiger partial charge in [-0.3, -0.25) is 0 Å². The maximum absolute atomic E-state index is 10.6. The second-order valence-electron chi connectivity index (χ2n) is 7.19. The largest absolute Gasteiger partial charge is 0.393 e. The molecule has 1 aromatic carbocycles. The third kappa shape index (κ3) is 3.73. The summed E-state index contributed by atoms with van der Waals surface area (Å²) in [6.45, 7) is 7.24. The summed E-state index contributed by atoms with van der Waals surface area (Å²) in [5.41, 5.74) is 0.627. The van der Waals surface area contributed by atoms with Crippen LogP contribution in [-0.4, -0.2) is 19.3 Å². The summed E-state index contributed by atoms with van der Waals surface area (Å²) in [6, 6.07) is 10.9. The van der Waals surface area contributed by atoms with Crippen LogP contribution in [0.15, 0.2) is 30.3 Å². The average Bonchev–Trinajstić information content (AvgIpc) is 2.49. The first-order valence-corrected chi connectivity index (χ1v) is 11.3. The highest BCUT2D eigenvalue weighted by atomic mass is 28.3. The Hall–Kier alpha value is -0.603. The highest BCUT2D eigenvalue weighted by Crippen LogP contribution is 2.33. The van der Waals surface area contributed by atoms with Gasteiger partial charge in [-0.2, -0.15) is 0 Å². The van der Waals surface area contributed by atoms with Gasteiger partial charge in [-0.05, 0) is 30.7 Å². The summed E-state index contributed by atoms with van der Waals surface area (Å²) in [7, 11) is -1.47. The van der Waals surface area contributed by atoms with Crippen LogP contribution < -0.4 is 5.19 Å². The Morgan fingerprint density at radius 3 is 2.30 bits per heavy atom. The minimum atomic E-state index is -1.47. The molecular formula is C18H30OSi. The summed E-state index contributed by atoms with van der Waals surface area (Å²) >= 11 is 0. The van der Waals surface area contributed by atoms with Gasteiger partial charge < -0.3 is 5.11 Å². The Morgan fingerprint density at radius 1 is 1.10 bits per heavy atom. The normalized spacial score (nSPS) is 20.6. The highest BCUT2D eigenvalue weighted by Gasteiger charge is 2.33. The van der Waals surface area contributed by atoms with Crippen LogP contribution in [0.3, 0.4) is 0 Å². The molecule has 0 amide bonds. The first-order valence-electron chi connectivity index (χ1n) is 8.25. The molecule has 2 rings (SSSR count). The molecule has 0 unspecified atom stereocenters. The van der Waals surface area contributed by atoms with Gasteiger partial charge in [0.15, 0.2) is 0 Å². The fourth-order valence-corrected chi connectivity index (χ4v) is 5.97. The van der Waals surface area contributed by atoms with Gasteiger partial charge in [-0.25, -0.2) is 0 Å². The number of hydrogen-bond acceptors (Lipinski definition) is 1. The molecule has 0 spiro atoms. The van der Waals surface area contributed by atoms with Crippen LogP contribution in [0.25, 0.3) is 0 Å². The zero-order chi connectivity index (χ0) is 14.6. The van der Waals surface area contributed by atoms with Crippen LogP contribution >= 0.6 is 0 Å². The van der Waals surface area contributed by atoms with E-state index in [-0.39, 0.29) is 6.10 Å². The van der Waals surface area contributed by atoms with Crippen molar-refractivity contribution in [3.63, 3.8) is 0 Å². The van der Waals surface area contributed by atoms with Crippen LogP contribution in [0, 0.1) is 5.92 Å². The number of aliphatic hydroxyl groups is 1. The van der Waals surface area contributed by atoms with Gasteiger partial charge >= 0.3 is 0 Å². The van der Waals surface area contributed by atoms with Crippen molar-refractivity contribution >= 4 is 13.3 Å². The van der Waals surface area contributed by atoms with Crippen molar-refractivity contribution in [2.75, 3.05) is 0 Å². The zero-order valence-corrected chi connectivity index (χ0v) is 14.3. The van der Waals surface area contributed by atoms with Gasteiger partial charge in [0.1, 0.15) is 0 Å². The van der Waals surface area contributed by atoms with Gasteiger partial charge in [-0.1, -0.05) is 74.8 Å². The van der Waals surface area contributed by atoms with Gasteiger partial charge in [0.2, 0.25) is 0 Å². The molecule has 112 valence electrons. The van der Waals surface area contributed by atoms with Crippen LogP contribution in [0.5, 0.6) is 0 Å². The Labute approximate surface area is 125 Å². The Bertz CT molecular complexity index is 395. The molecule has 1 N–H and O–H groups in total. The second kappa shape index (κ2) is 6.90. The van der Waals surface area contributed by atoms with Gasteiger partial charge in [0.25, 0.3) is 0 Å². The number of hydrogen-bond donors (Lipinski definition) is 1. The fourth-order valence-electron chi connectivity index (χ4n) is 3.52. The molecule has 1 aliphatic carbocycles. The van der Waals surface area contributed by atoms with E-state index >= 15 is 0 Å². The molecule has 0 radical (unpaired) electrons. The standard InChI is InChI=1S/C18H30OSi/c1-15(14-18(19)16-10-6-4-7-11-16)20(2,3)17-12-8-5-9-13-17/h5,8-9,12-13,15-16,18-19H,4,6-7,10-11,14H2,1-3H3/t15-,18+/m1/s1. The highest BCUT2D eigenvalue weighted by molar-refractivity contribution is 6.90. The maximum atomic E-state index is 10.6. The summed E-state index contributed by atoms with van der Waals surface area (Å²) in [6.07, 6.45) is 7.37. The molecule has 1 fully saturated rings. The average molecular weight is 291 g/mol. The van der Waals surface area contributed by atoms with E-state index < -0.39 is 8.07 Å². The lowest BCUT2D eigenvalue weighted by Crippen LogP contribution is -2.46. The Morgan fingerprint density at radius 2 is 1.70 bits per heavy atom. The summed E-state index contributed by atoms with van der Waals surface area (Å²) in [4.78, 5) is 0. The molecule has 0 saturated heterocycles. The van der Waals surface area contributed by atoms with Crippen LogP contribution in [0.4, 0.5) is 0 Å². The lowest BCUT2D eigenvalue weighted by atomic mass is 9.84. The molecule has 1 aromatic rings. The maximum Gasteiger partial charge on any atom is 0.0835 e. The molecule has 0 bridgehead atoms. The smallest absolute Gasteiger partial charge is 0.0835 e. The van der Waals surface area contributed by atoms with Crippen LogP contribution in [-0.2, 0) is 0 Å². The van der Waals surface area contributed by atoms with Crippen molar-refractivity contribution in [1.29, 1.82) is 0 Å². The van der Waals surface area contributed by atoms with Crippen LogP contribution in [0.1, 0.15) is 45.4 Å². The lowest BCUT2D eigenvalue weighted by Gasteiger charge is -2.35. The minimum Gasteiger partial charge on any atom is -0.393 e. The van der Waals surface area contributed by atoms with Crippen molar-refractivity contribution in [3.8, 4) is 0 Å². The second-order valence-corrected chi connectivity index (χ2v) is 12.2. The zero-order valence-electron chi connectivity index (χ0n) is 13.3. The van der Waals surface area contributed by atoms with E-state index in [1.54, 1.807) is 0 Å². The Kier molecular flexibility index (Phi) is 5.45. The van der Waals surface area contributed by atoms with Gasteiger partial charge in [0.05, 0.1) is 14.2 Å². The van der Waals surface area contributed by atoms with E-state index in [0.29, 0.717) is 11.5 Å². The predicted molar refractivity (Wildman–Crippen MR) is 90.2 cm³/mol. The molecule has 2 atom stereocenters.